The third-order valence-corrected chi connectivity index (χ3v) is 4.34. The van der Waals surface area contributed by atoms with Crippen molar-refractivity contribution in [1.82, 2.24) is 0 Å². The van der Waals surface area contributed by atoms with Gasteiger partial charge in [0.1, 0.15) is 0 Å². The van der Waals surface area contributed by atoms with Gasteiger partial charge in [0.25, 0.3) is 0 Å². The van der Waals surface area contributed by atoms with Crippen LogP contribution >= 0.6 is 0 Å². The summed E-state index contributed by atoms with van der Waals surface area (Å²) >= 11 is 0. The molecule has 2 rings (SSSR count). The molecule has 0 saturated heterocycles. The molecule has 1 aromatic rings. The first kappa shape index (κ1) is 15.3. The molecule has 2 atom stereocenters. The maximum Gasteiger partial charge on any atom is 0.0591 e. The lowest BCUT2D eigenvalue weighted by Gasteiger charge is -2.38. The Labute approximate surface area is 123 Å². The van der Waals surface area contributed by atoms with Crippen molar-refractivity contribution < 1.29 is 4.74 Å². The van der Waals surface area contributed by atoms with E-state index in [-0.39, 0.29) is 0 Å². The molecule has 112 valence electrons. The summed E-state index contributed by atoms with van der Waals surface area (Å²) in [7, 11) is 1.84. The molecule has 1 aliphatic rings. The summed E-state index contributed by atoms with van der Waals surface area (Å²) in [5, 5.41) is 0. The Balaban J connectivity index is 2.11. The molecular weight excluding hydrogens is 248 g/mol. The van der Waals surface area contributed by atoms with Crippen LogP contribution in [0, 0.1) is 6.92 Å². The zero-order valence-corrected chi connectivity index (χ0v) is 12.8. The molecular formula is C17H28N2O. The second kappa shape index (κ2) is 7.65. The van der Waals surface area contributed by atoms with Gasteiger partial charge in [-0.3, -0.25) is 0 Å². The minimum absolute atomic E-state index is 0.416. The standard InChI is InChI=1S/C17H28N2O/c1-14-7-9-15(10-8-14)19(12-4-11-18)16-5-3-6-17(13-16)20-2/h7-10,16-17H,3-6,11-13,18H2,1-2H3. The van der Waals surface area contributed by atoms with Gasteiger partial charge in [-0.05, 0) is 57.7 Å². The highest BCUT2D eigenvalue weighted by Crippen LogP contribution is 2.29. The number of anilines is 1. The number of benzene rings is 1. The molecule has 1 fully saturated rings. The average molecular weight is 276 g/mol. The van der Waals surface area contributed by atoms with Crippen molar-refractivity contribution in [2.75, 3.05) is 25.1 Å². The SMILES string of the molecule is COC1CCCC(N(CCCN)c2ccc(C)cc2)C1. The summed E-state index contributed by atoms with van der Waals surface area (Å²) in [5.41, 5.74) is 8.35. The van der Waals surface area contributed by atoms with Crippen LogP contribution < -0.4 is 10.6 Å². The highest BCUT2D eigenvalue weighted by molar-refractivity contribution is 5.48. The molecule has 0 heterocycles. The van der Waals surface area contributed by atoms with Crippen molar-refractivity contribution in [2.45, 2.75) is 51.2 Å². The molecule has 3 nitrogen and oxygen atoms in total. The molecule has 0 aliphatic heterocycles. The van der Waals surface area contributed by atoms with Crippen molar-refractivity contribution >= 4 is 5.69 Å². The van der Waals surface area contributed by atoms with Gasteiger partial charge in [-0.25, -0.2) is 0 Å². The Hall–Kier alpha value is -1.06. The van der Waals surface area contributed by atoms with E-state index in [1.54, 1.807) is 0 Å². The predicted octanol–water partition coefficient (Wildman–Crippen LogP) is 3.11. The predicted molar refractivity (Wildman–Crippen MR) is 85.2 cm³/mol. The van der Waals surface area contributed by atoms with Crippen molar-refractivity contribution in [1.29, 1.82) is 0 Å². The van der Waals surface area contributed by atoms with Crippen LogP contribution in [-0.4, -0.2) is 32.3 Å². The molecule has 2 unspecified atom stereocenters. The Bertz CT molecular complexity index is 390. The summed E-state index contributed by atoms with van der Waals surface area (Å²) < 4.78 is 5.58. The van der Waals surface area contributed by atoms with Crippen LogP contribution in [-0.2, 0) is 4.74 Å². The third kappa shape index (κ3) is 3.97. The van der Waals surface area contributed by atoms with Gasteiger partial charge in [0, 0.05) is 25.4 Å². The van der Waals surface area contributed by atoms with E-state index in [9.17, 15) is 0 Å². The molecule has 0 aromatic heterocycles. The lowest BCUT2D eigenvalue weighted by molar-refractivity contribution is 0.0630. The maximum absolute atomic E-state index is 5.71. The number of hydrogen-bond donors (Lipinski definition) is 1. The van der Waals surface area contributed by atoms with Crippen LogP contribution in [0.5, 0.6) is 0 Å². The van der Waals surface area contributed by atoms with Crippen LogP contribution in [0.15, 0.2) is 24.3 Å². The van der Waals surface area contributed by atoms with Crippen LogP contribution in [0.4, 0.5) is 5.69 Å². The quantitative estimate of drug-likeness (QED) is 0.867. The molecule has 0 spiro atoms. The van der Waals surface area contributed by atoms with E-state index in [0.717, 1.165) is 25.9 Å². The second-order valence-corrected chi connectivity index (χ2v) is 5.85. The number of nitrogens with zero attached hydrogens (tertiary/aromatic N) is 1. The minimum Gasteiger partial charge on any atom is -0.381 e. The topological polar surface area (TPSA) is 38.5 Å². The molecule has 0 amide bonds. The van der Waals surface area contributed by atoms with Crippen LogP contribution in [0.1, 0.15) is 37.7 Å². The van der Waals surface area contributed by atoms with E-state index in [1.807, 2.05) is 7.11 Å². The normalized spacial score (nSPS) is 22.8. The Morgan fingerprint density at radius 3 is 2.65 bits per heavy atom. The molecule has 0 radical (unpaired) electrons. The monoisotopic (exact) mass is 276 g/mol. The first-order valence-electron chi connectivity index (χ1n) is 7.80. The number of aryl methyl sites for hydroxylation is 1. The summed E-state index contributed by atoms with van der Waals surface area (Å²) in [6.45, 7) is 3.93. The van der Waals surface area contributed by atoms with Gasteiger partial charge in [-0.15, -0.1) is 0 Å². The van der Waals surface area contributed by atoms with Gasteiger partial charge in [0.2, 0.25) is 0 Å². The van der Waals surface area contributed by atoms with Gasteiger partial charge < -0.3 is 15.4 Å². The Kier molecular flexibility index (Phi) is 5.86. The average Bonchev–Trinajstić information content (AvgIpc) is 2.49. The van der Waals surface area contributed by atoms with E-state index in [1.165, 1.54) is 30.5 Å². The maximum atomic E-state index is 5.71. The Morgan fingerprint density at radius 2 is 2.00 bits per heavy atom. The van der Waals surface area contributed by atoms with Crippen molar-refractivity contribution in [3.05, 3.63) is 29.8 Å². The number of rotatable bonds is 6. The number of nitrogens with two attached hydrogens (primary N) is 1. The van der Waals surface area contributed by atoms with Crippen molar-refractivity contribution in [2.24, 2.45) is 5.73 Å². The van der Waals surface area contributed by atoms with Gasteiger partial charge in [-0.2, -0.15) is 0 Å². The summed E-state index contributed by atoms with van der Waals surface area (Å²) in [4.78, 5) is 2.54. The van der Waals surface area contributed by atoms with E-state index < -0.39 is 0 Å². The minimum atomic E-state index is 0.416. The fourth-order valence-electron chi connectivity index (χ4n) is 3.14. The number of ether oxygens (including phenoxy) is 1. The van der Waals surface area contributed by atoms with Gasteiger partial charge in [0.15, 0.2) is 0 Å². The molecule has 1 aromatic carbocycles. The molecule has 0 bridgehead atoms. The largest absolute Gasteiger partial charge is 0.381 e. The van der Waals surface area contributed by atoms with Gasteiger partial charge in [-0.1, -0.05) is 17.7 Å². The molecule has 1 aliphatic carbocycles. The van der Waals surface area contributed by atoms with Crippen molar-refractivity contribution in [3.63, 3.8) is 0 Å². The summed E-state index contributed by atoms with van der Waals surface area (Å²) in [5.74, 6) is 0. The van der Waals surface area contributed by atoms with Crippen LogP contribution in [0.25, 0.3) is 0 Å². The third-order valence-electron chi connectivity index (χ3n) is 4.34. The zero-order chi connectivity index (χ0) is 14.4. The summed E-state index contributed by atoms with van der Waals surface area (Å²) in [6, 6.07) is 9.45. The van der Waals surface area contributed by atoms with Gasteiger partial charge >= 0.3 is 0 Å². The fourth-order valence-corrected chi connectivity index (χ4v) is 3.14. The number of methoxy groups -OCH3 is 1. The van der Waals surface area contributed by atoms with Crippen LogP contribution in [0.3, 0.4) is 0 Å². The van der Waals surface area contributed by atoms with E-state index in [2.05, 4.69) is 36.1 Å². The molecule has 3 heteroatoms. The smallest absolute Gasteiger partial charge is 0.0591 e. The van der Waals surface area contributed by atoms with E-state index >= 15 is 0 Å². The summed E-state index contributed by atoms with van der Waals surface area (Å²) in [6.07, 6.45) is 6.31. The molecule has 1 saturated carbocycles. The highest BCUT2D eigenvalue weighted by Gasteiger charge is 2.26. The lowest BCUT2D eigenvalue weighted by Crippen LogP contribution is -2.41. The lowest BCUT2D eigenvalue weighted by atomic mass is 9.91. The van der Waals surface area contributed by atoms with Crippen molar-refractivity contribution in [3.8, 4) is 0 Å². The Morgan fingerprint density at radius 1 is 1.25 bits per heavy atom. The fraction of sp³-hybridized carbons (Fsp3) is 0.647. The first-order chi connectivity index (χ1) is 9.74. The molecule has 20 heavy (non-hydrogen) atoms. The van der Waals surface area contributed by atoms with Crippen LogP contribution in [0.2, 0.25) is 0 Å². The molecule has 2 N–H and O–H groups in total. The van der Waals surface area contributed by atoms with E-state index in [0.29, 0.717) is 12.1 Å². The zero-order valence-electron chi connectivity index (χ0n) is 12.8. The number of hydrogen-bond acceptors (Lipinski definition) is 3. The first-order valence-corrected chi connectivity index (χ1v) is 7.80. The second-order valence-electron chi connectivity index (χ2n) is 5.85. The van der Waals surface area contributed by atoms with E-state index in [4.69, 9.17) is 10.5 Å². The van der Waals surface area contributed by atoms with Gasteiger partial charge in [0.05, 0.1) is 6.10 Å². The highest BCUT2D eigenvalue weighted by atomic mass is 16.5.